The van der Waals surface area contributed by atoms with E-state index in [1.807, 2.05) is 77.1 Å². The van der Waals surface area contributed by atoms with Crippen LogP contribution in [-0.2, 0) is 39.4 Å². The minimum atomic E-state index is -1.25. The zero-order chi connectivity index (χ0) is 44.5. The number of ether oxygens (including phenoxy) is 3. The number of rotatable bonds is 18. The molecule has 0 saturated carbocycles. The van der Waals surface area contributed by atoms with Crippen molar-refractivity contribution >= 4 is 23.9 Å². The van der Waals surface area contributed by atoms with E-state index in [4.69, 9.17) is 14.2 Å². The lowest BCUT2D eigenvalue weighted by Crippen LogP contribution is -2.60. The lowest BCUT2D eigenvalue weighted by Gasteiger charge is -2.36. The lowest BCUT2D eigenvalue weighted by atomic mass is 9.86. The number of aliphatic hydroxyl groups is 2. The van der Waals surface area contributed by atoms with Crippen LogP contribution in [0.3, 0.4) is 0 Å². The Hall–Kier alpha value is -5.45. The quantitative estimate of drug-likeness (QED) is 0.116. The normalized spacial score (nSPS) is 16.7. The molecule has 5 amide bonds. The molecule has 61 heavy (non-hydrogen) atoms. The summed E-state index contributed by atoms with van der Waals surface area (Å²) < 4.78 is 16.3. The van der Waals surface area contributed by atoms with E-state index in [1.165, 1.54) is 7.11 Å². The van der Waals surface area contributed by atoms with Crippen LogP contribution >= 0.6 is 0 Å². The van der Waals surface area contributed by atoms with E-state index in [9.17, 15) is 29.4 Å². The topological polar surface area (TPSA) is 195 Å². The Morgan fingerprint density at radius 1 is 0.918 bits per heavy atom. The first-order valence-corrected chi connectivity index (χ1v) is 20.9. The average Bonchev–Trinajstić information content (AvgIpc) is 3.57. The second-order valence-corrected chi connectivity index (χ2v) is 17.4. The molecule has 1 saturated heterocycles. The van der Waals surface area contributed by atoms with Crippen molar-refractivity contribution < 1.29 is 43.6 Å². The maximum atomic E-state index is 14.6. The van der Waals surface area contributed by atoms with Gasteiger partial charge in [0, 0.05) is 26.2 Å². The highest BCUT2D eigenvalue weighted by Gasteiger charge is 2.41. The van der Waals surface area contributed by atoms with Gasteiger partial charge in [-0.25, -0.2) is 14.6 Å². The van der Waals surface area contributed by atoms with Crippen molar-refractivity contribution in [1.29, 1.82) is 0 Å². The fraction of sp³-hybridized carbons (Fsp3) is 0.533. The summed E-state index contributed by atoms with van der Waals surface area (Å²) in [6, 6.07) is 17.2. The van der Waals surface area contributed by atoms with E-state index in [0.29, 0.717) is 55.6 Å². The Labute approximate surface area is 358 Å². The van der Waals surface area contributed by atoms with Crippen LogP contribution in [-0.4, -0.2) is 118 Å². The third-order valence-corrected chi connectivity index (χ3v) is 11.0. The van der Waals surface area contributed by atoms with Crippen LogP contribution in [0.25, 0.3) is 0 Å². The van der Waals surface area contributed by atoms with Crippen molar-refractivity contribution in [2.24, 2.45) is 11.3 Å². The molecule has 2 aliphatic heterocycles. The maximum Gasteiger partial charge on any atom is 0.407 e. The molecule has 0 unspecified atom stereocenters. The van der Waals surface area contributed by atoms with Crippen LogP contribution in [0, 0.1) is 11.3 Å². The number of hydrogen-bond acceptors (Lipinski definition) is 11. The molecule has 1 fully saturated rings. The number of hydrogen-bond donors (Lipinski definition) is 5. The molecule has 0 aliphatic carbocycles. The molecule has 0 bridgehead atoms. The molecule has 5 atom stereocenters. The van der Waals surface area contributed by atoms with Crippen LogP contribution in [0.2, 0.25) is 0 Å². The molecule has 0 spiro atoms. The molecular weight excluding hydrogens is 783 g/mol. The molecule has 2 aliphatic rings. The van der Waals surface area contributed by atoms with Gasteiger partial charge >= 0.3 is 12.1 Å². The van der Waals surface area contributed by atoms with Gasteiger partial charge in [-0.1, -0.05) is 83.5 Å². The number of nitrogens with one attached hydrogen (secondary N) is 3. The molecule has 3 heterocycles. The fourth-order valence-corrected chi connectivity index (χ4v) is 7.44. The number of pyridine rings is 1. The molecule has 3 aromatic rings. The summed E-state index contributed by atoms with van der Waals surface area (Å²) in [7, 11) is 1.22. The zero-order valence-corrected chi connectivity index (χ0v) is 36.6. The van der Waals surface area contributed by atoms with Crippen LogP contribution in [0.5, 0.6) is 11.5 Å². The van der Waals surface area contributed by atoms with E-state index in [0.717, 1.165) is 11.1 Å². The minimum Gasteiger partial charge on any atom is -0.486 e. The standard InChI is InChI=1S/C45H63N7O9/c1-9-29(2)38(52-21-20-50(43(52)57)27-32-16-13-17-37(46-32)45(6,7)58)40(54)47-33(24-30-14-11-10-12-15-30)34(53)28-51(26-31-18-19-35-36(25-31)61-23-22-60-35)49-41(55)39(44(3,4)5)48-42(56)59-8/h10-19,25,29,33-34,38-39,53,58H,9,20-24,26-28H2,1-8H3,(H,47,54)(H,48,56)(H,49,55)/t29-,33-,34-,38-,39+/m0/s1. The van der Waals surface area contributed by atoms with E-state index in [1.54, 1.807) is 52.9 Å². The Bertz CT molecular complexity index is 1970. The van der Waals surface area contributed by atoms with Gasteiger partial charge in [0.25, 0.3) is 5.91 Å². The summed E-state index contributed by atoms with van der Waals surface area (Å²) in [5, 5.41) is 30.0. The molecule has 16 heteroatoms. The van der Waals surface area contributed by atoms with Gasteiger partial charge in [-0.15, -0.1) is 0 Å². The summed E-state index contributed by atoms with van der Waals surface area (Å²) in [5.41, 5.74) is 3.75. The Balaban J connectivity index is 1.41. The number of methoxy groups -OCH3 is 1. The highest BCUT2D eigenvalue weighted by Crippen LogP contribution is 2.31. The molecule has 0 radical (unpaired) electrons. The Morgan fingerprint density at radius 2 is 1.62 bits per heavy atom. The number of aromatic nitrogens is 1. The van der Waals surface area contributed by atoms with Gasteiger partial charge in [0.15, 0.2) is 11.5 Å². The van der Waals surface area contributed by atoms with Gasteiger partial charge in [-0.3, -0.25) is 20.0 Å². The van der Waals surface area contributed by atoms with Crippen molar-refractivity contribution in [2.75, 3.05) is 40.0 Å². The summed E-state index contributed by atoms with van der Waals surface area (Å²) in [6.07, 6.45) is -1.18. The second-order valence-electron chi connectivity index (χ2n) is 17.4. The van der Waals surface area contributed by atoms with Crippen molar-refractivity contribution in [2.45, 2.75) is 104 Å². The number of carbonyl (C=O) groups is 4. The van der Waals surface area contributed by atoms with Gasteiger partial charge < -0.3 is 44.9 Å². The minimum absolute atomic E-state index is 0.113. The van der Waals surface area contributed by atoms with Crippen molar-refractivity contribution in [3.63, 3.8) is 0 Å². The van der Waals surface area contributed by atoms with E-state index in [2.05, 4.69) is 21.0 Å². The number of benzene rings is 2. The highest BCUT2D eigenvalue weighted by atomic mass is 16.6. The molecule has 16 nitrogen and oxygen atoms in total. The number of alkyl carbamates (subject to hydrolysis) is 1. The third-order valence-electron chi connectivity index (χ3n) is 11.0. The monoisotopic (exact) mass is 845 g/mol. The van der Waals surface area contributed by atoms with Crippen LogP contribution in [0.15, 0.2) is 66.7 Å². The SMILES string of the molecule is CC[C@H](C)[C@@H](C(=O)N[C@@H](Cc1ccccc1)[C@@H](O)CN(Cc1ccc2c(c1)OCCO2)NC(=O)[C@@H](NC(=O)OC)C(C)(C)C)N1CCN(Cc2cccc(C(C)(C)O)n2)C1=O. The van der Waals surface area contributed by atoms with Gasteiger partial charge in [0.2, 0.25) is 5.91 Å². The molecule has 5 N–H and O–H groups in total. The number of nitrogens with zero attached hydrogens (tertiary/aromatic N) is 4. The van der Waals surface area contributed by atoms with Gasteiger partial charge in [0.05, 0.1) is 37.2 Å². The molecule has 1 aromatic heterocycles. The molecule has 332 valence electrons. The van der Waals surface area contributed by atoms with Crippen LogP contribution in [0.1, 0.15) is 77.4 Å². The van der Waals surface area contributed by atoms with Gasteiger partial charge in [-0.05, 0) is 67.0 Å². The first-order chi connectivity index (χ1) is 28.9. The van der Waals surface area contributed by atoms with Gasteiger partial charge in [0.1, 0.15) is 30.9 Å². The first-order valence-electron chi connectivity index (χ1n) is 20.9. The second kappa shape index (κ2) is 20.4. The smallest absolute Gasteiger partial charge is 0.407 e. The van der Waals surface area contributed by atoms with Crippen molar-refractivity contribution in [3.05, 3.63) is 89.2 Å². The molecular formula is C45H63N7O9. The number of aliphatic hydroxyl groups excluding tert-OH is 1. The van der Waals surface area contributed by atoms with Crippen molar-refractivity contribution in [3.8, 4) is 11.5 Å². The first kappa shape index (κ1) is 46.6. The maximum absolute atomic E-state index is 14.6. The Kier molecular flexibility index (Phi) is 15.6. The Morgan fingerprint density at radius 3 is 2.28 bits per heavy atom. The third kappa shape index (κ3) is 12.6. The predicted octanol–water partition coefficient (Wildman–Crippen LogP) is 4.13. The summed E-state index contributed by atoms with van der Waals surface area (Å²) in [5.74, 6) is -0.0442. The van der Waals surface area contributed by atoms with E-state index < -0.39 is 53.2 Å². The molecule has 2 aromatic carbocycles. The summed E-state index contributed by atoms with van der Waals surface area (Å²) in [4.78, 5) is 62.8. The van der Waals surface area contributed by atoms with Crippen LogP contribution in [0.4, 0.5) is 9.59 Å². The van der Waals surface area contributed by atoms with Gasteiger partial charge in [-0.2, -0.15) is 0 Å². The van der Waals surface area contributed by atoms with Crippen LogP contribution < -0.4 is 25.5 Å². The average molecular weight is 846 g/mol. The number of fused-ring (bicyclic) bond motifs is 1. The number of carbonyl (C=O) groups excluding carboxylic acids is 4. The number of hydrazine groups is 1. The van der Waals surface area contributed by atoms with Crippen molar-refractivity contribution in [1.82, 2.24) is 35.9 Å². The largest absolute Gasteiger partial charge is 0.486 e. The van der Waals surface area contributed by atoms with E-state index in [-0.39, 0.29) is 38.0 Å². The van der Waals surface area contributed by atoms with E-state index >= 15 is 0 Å². The zero-order valence-electron chi connectivity index (χ0n) is 36.6. The predicted molar refractivity (Wildman–Crippen MR) is 228 cm³/mol. The highest BCUT2D eigenvalue weighted by molar-refractivity contribution is 5.88. The lowest BCUT2D eigenvalue weighted by molar-refractivity contribution is -0.132. The molecule has 5 rings (SSSR count). The number of amides is 5. The summed E-state index contributed by atoms with van der Waals surface area (Å²) in [6.45, 7) is 14.3. The summed E-state index contributed by atoms with van der Waals surface area (Å²) >= 11 is 0. The number of urea groups is 1. The fourth-order valence-electron chi connectivity index (χ4n) is 7.44.